The van der Waals surface area contributed by atoms with Gasteiger partial charge in [0, 0.05) is 19.3 Å². The minimum atomic E-state index is -1.44. The van der Waals surface area contributed by atoms with E-state index in [1.165, 1.54) is 212 Å². The summed E-state index contributed by atoms with van der Waals surface area (Å²) < 4.78 is 22.1. The lowest BCUT2D eigenvalue weighted by Gasteiger charge is -2.22. The van der Waals surface area contributed by atoms with E-state index in [0.717, 1.165) is 57.8 Å². The van der Waals surface area contributed by atoms with Crippen LogP contribution in [0.15, 0.2) is 11.5 Å². The predicted molar refractivity (Wildman–Crippen MR) is 285 cm³/mol. The molecule has 2 atom stereocenters. The van der Waals surface area contributed by atoms with Gasteiger partial charge in [-0.25, -0.2) is 4.79 Å². The Bertz CT molecular complexity index is 1250. The molecule has 1 rings (SSSR count). The first kappa shape index (κ1) is 64.4. The summed E-state index contributed by atoms with van der Waals surface area (Å²) in [5, 5.41) is 11.1. The third kappa shape index (κ3) is 39.7. The standard InChI is InChI=1S/C60H110O9/c1-4-7-10-13-16-19-22-25-28-31-34-37-40-43-46-49-54(61)66-52-53(67-55(62)50-47-44-41-38-35-32-29-26-23-20-17-14-11-8-5-2)58-57(64)59(60(65)69-58)68-56(63)51-48-45-42-39-36-33-30-27-24-21-18-15-12-9-6-3/h53,58,64H,4-52H2,1-3H3/t53-,58+/m0/s1. The maximum absolute atomic E-state index is 13.1. The van der Waals surface area contributed by atoms with Crippen LogP contribution in [0.5, 0.6) is 0 Å². The minimum Gasteiger partial charge on any atom is -0.505 e. The van der Waals surface area contributed by atoms with Crippen LogP contribution in [0.3, 0.4) is 0 Å². The van der Waals surface area contributed by atoms with Crippen molar-refractivity contribution in [1.82, 2.24) is 0 Å². The average molecular weight is 976 g/mol. The summed E-state index contributed by atoms with van der Waals surface area (Å²) in [6.07, 6.45) is 52.8. The number of hydrogen-bond acceptors (Lipinski definition) is 9. The van der Waals surface area contributed by atoms with Gasteiger partial charge in [0.15, 0.2) is 11.9 Å². The zero-order chi connectivity index (χ0) is 50.1. The van der Waals surface area contributed by atoms with Crippen molar-refractivity contribution in [2.24, 2.45) is 0 Å². The van der Waals surface area contributed by atoms with Crippen LogP contribution in [0.2, 0.25) is 0 Å². The molecule has 0 saturated carbocycles. The Morgan fingerprint density at radius 3 is 0.971 bits per heavy atom. The zero-order valence-electron chi connectivity index (χ0n) is 45.5. The quantitative estimate of drug-likeness (QED) is 0.0360. The van der Waals surface area contributed by atoms with E-state index in [9.17, 15) is 24.3 Å². The molecule has 0 aromatic heterocycles. The summed E-state index contributed by atoms with van der Waals surface area (Å²) in [7, 11) is 0. The van der Waals surface area contributed by atoms with Gasteiger partial charge >= 0.3 is 23.9 Å². The highest BCUT2D eigenvalue weighted by molar-refractivity contribution is 5.92. The topological polar surface area (TPSA) is 125 Å². The molecular weight excluding hydrogens is 865 g/mol. The first-order valence-electron chi connectivity index (χ1n) is 30.0. The molecule has 9 nitrogen and oxygen atoms in total. The van der Waals surface area contributed by atoms with Crippen LogP contribution in [0.1, 0.15) is 329 Å². The molecule has 404 valence electrons. The van der Waals surface area contributed by atoms with E-state index in [0.29, 0.717) is 19.3 Å². The van der Waals surface area contributed by atoms with Crippen LogP contribution in [0, 0.1) is 0 Å². The largest absolute Gasteiger partial charge is 0.505 e. The number of unbranched alkanes of at least 4 members (excludes halogenated alkanes) is 42. The molecule has 0 unspecified atom stereocenters. The molecule has 1 aliphatic rings. The number of cyclic esters (lactones) is 1. The fourth-order valence-corrected chi connectivity index (χ4v) is 9.55. The lowest BCUT2D eigenvalue weighted by Crippen LogP contribution is -2.38. The molecule has 0 saturated heterocycles. The second-order valence-corrected chi connectivity index (χ2v) is 20.8. The fraction of sp³-hybridized carbons (Fsp3) is 0.900. The van der Waals surface area contributed by atoms with Crippen LogP contribution < -0.4 is 0 Å². The van der Waals surface area contributed by atoms with Crippen molar-refractivity contribution in [3.05, 3.63) is 11.5 Å². The summed E-state index contributed by atoms with van der Waals surface area (Å²) in [4.78, 5) is 51.6. The van der Waals surface area contributed by atoms with E-state index in [-0.39, 0.29) is 25.9 Å². The normalized spacial score (nSPS) is 14.1. The first-order valence-corrected chi connectivity index (χ1v) is 30.0. The fourth-order valence-electron chi connectivity index (χ4n) is 9.55. The van der Waals surface area contributed by atoms with Gasteiger partial charge in [-0.3, -0.25) is 14.4 Å². The van der Waals surface area contributed by atoms with E-state index in [2.05, 4.69) is 20.8 Å². The molecule has 1 heterocycles. The third-order valence-corrected chi connectivity index (χ3v) is 14.1. The van der Waals surface area contributed by atoms with Gasteiger partial charge in [-0.15, -0.1) is 0 Å². The smallest absolute Gasteiger partial charge is 0.379 e. The number of esters is 4. The molecule has 0 spiro atoms. The number of hydrogen-bond donors (Lipinski definition) is 1. The SMILES string of the molecule is CCCCCCCCCCCCCCCCCC(=O)OC[C@H](OC(=O)CCCCCCCCCCCCCCCCC)[C@H]1OC(=O)C(OC(=O)CCCCCCCCCCCCCCCCC)=C1O. The molecule has 0 bridgehead atoms. The Hall–Kier alpha value is -2.58. The van der Waals surface area contributed by atoms with Crippen LogP contribution in [-0.4, -0.2) is 47.8 Å². The van der Waals surface area contributed by atoms with Gasteiger partial charge < -0.3 is 24.1 Å². The Morgan fingerprint density at radius 2 is 0.667 bits per heavy atom. The van der Waals surface area contributed by atoms with Crippen molar-refractivity contribution < 1.29 is 43.2 Å². The Morgan fingerprint density at radius 1 is 0.406 bits per heavy atom. The number of carbonyl (C=O) groups excluding carboxylic acids is 4. The molecule has 69 heavy (non-hydrogen) atoms. The predicted octanol–water partition coefficient (Wildman–Crippen LogP) is 18.5. The molecule has 9 heteroatoms. The van der Waals surface area contributed by atoms with Gasteiger partial charge in [-0.1, -0.05) is 290 Å². The summed E-state index contributed by atoms with van der Waals surface area (Å²) >= 11 is 0. The van der Waals surface area contributed by atoms with E-state index in [1.54, 1.807) is 0 Å². The number of ether oxygens (including phenoxy) is 4. The molecule has 0 aliphatic carbocycles. The van der Waals surface area contributed by atoms with Gasteiger partial charge in [0.25, 0.3) is 5.76 Å². The van der Waals surface area contributed by atoms with Gasteiger partial charge in [0.05, 0.1) is 0 Å². The number of rotatable bonds is 53. The molecule has 0 fully saturated rings. The molecule has 1 N–H and O–H groups in total. The van der Waals surface area contributed by atoms with Crippen molar-refractivity contribution in [3.8, 4) is 0 Å². The molecule has 0 radical (unpaired) electrons. The second-order valence-electron chi connectivity index (χ2n) is 20.8. The van der Waals surface area contributed by atoms with Crippen LogP contribution in [0.4, 0.5) is 0 Å². The zero-order valence-corrected chi connectivity index (χ0v) is 45.5. The first-order chi connectivity index (χ1) is 33.8. The van der Waals surface area contributed by atoms with E-state index < -0.39 is 47.6 Å². The van der Waals surface area contributed by atoms with Crippen LogP contribution in [-0.2, 0) is 38.1 Å². The average Bonchev–Trinajstić information content (AvgIpc) is 3.62. The number of carbonyl (C=O) groups is 4. The van der Waals surface area contributed by atoms with E-state index in [4.69, 9.17) is 18.9 Å². The Balaban J connectivity index is 2.49. The van der Waals surface area contributed by atoms with Crippen LogP contribution in [0.25, 0.3) is 0 Å². The monoisotopic (exact) mass is 975 g/mol. The van der Waals surface area contributed by atoms with Crippen molar-refractivity contribution >= 4 is 23.9 Å². The van der Waals surface area contributed by atoms with Crippen molar-refractivity contribution in [2.45, 2.75) is 341 Å². The Labute approximate surface area is 424 Å². The summed E-state index contributed by atoms with van der Waals surface area (Å²) in [6.45, 7) is 6.39. The van der Waals surface area contributed by atoms with Crippen molar-refractivity contribution in [1.29, 1.82) is 0 Å². The highest BCUT2D eigenvalue weighted by Gasteiger charge is 2.44. The molecular formula is C60H110O9. The highest BCUT2D eigenvalue weighted by Crippen LogP contribution is 2.28. The molecule has 1 aliphatic heterocycles. The lowest BCUT2D eigenvalue weighted by molar-refractivity contribution is -0.171. The summed E-state index contributed by atoms with van der Waals surface area (Å²) in [6, 6.07) is 0. The van der Waals surface area contributed by atoms with Gasteiger partial charge in [-0.2, -0.15) is 0 Å². The van der Waals surface area contributed by atoms with Crippen LogP contribution >= 0.6 is 0 Å². The summed E-state index contributed by atoms with van der Waals surface area (Å²) in [5.74, 6) is -3.78. The third-order valence-electron chi connectivity index (χ3n) is 14.1. The van der Waals surface area contributed by atoms with Crippen molar-refractivity contribution in [2.75, 3.05) is 6.61 Å². The highest BCUT2D eigenvalue weighted by atomic mass is 16.6. The number of aliphatic hydroxyl groups excluding tert-OH is 1. The molecule has 0 aromatic rings. The molecule has 0 amide bonds. The maximum Gasteiger partial charge on any atom is 0.379 e. The maximum atomic E-state index is 13.1. The lowest BCUT2D eigenvalue weighted by atomic mass is 10.0. The number of aliphatic hydroxyl groups is 1. The Kier molecular flexibility index (Phi) is 45.8. The minimum absolute atomic E-state index is 0.113. The van der Waals surface area contributed by atoms with E-state index >= 15 is 0 Å². The second kappa shape index (κ2) is 49.0. The molecule has 0 aromatic carbocycles. The van der Waals surface area contributed by atoms with Crippen molar-refractivity contribution in [3.63, 3.8) is 0 Å². The summed E-state index contributed by atoms with van der Waals surface area (Å²) in [5.41, 5.74) is 0. The van der Waals surface area contributed by atoms with Gasteiger partial charge in [-0.05, 0) is 19.3 Å². The van der Waals surface area contributed by atoms with Gasteiger partial charge in [0.2, 0.25) is 6.10 Å². The van der Waals surface area contributed by atoms with E-state index in [1.807, 2.05) is 0 Å². The van der Waals surface area contributed by atoms with Gasteiger partial charge in [0.1, 0.15) is 6.61 Å².